The van der Waals surface area contributed by atoms with Crippen molar-refractivity contribution in [1.82, 2.24) is 30.1 Å². The number of nitrogens with one attached hydrogen (secondary N) is 2. The Labute approximate surface area is 254 Å². The molecule has 0 aromatic carbocycles. The molecule has 2 saturated carbocycles. The highest BCUT2D eigenvalue weighted by atomic mass is 32.1. The minimum Gasteiger partial charge on any atom is -0.390 e. The molecule has 12 heteroatoms. The summed E-state index contributed by atoms with van der Waals surface area (Å²) in [6, 6.07) is 10.2. The zero-order valence-electron chi connectivity index (χ0n) is 24.5. The molecule has 1 aliphatic heterocycles. The third-order valence-electron chi connectivity index (χ3n) is 9.04. The van der Waals surface area contributed by atoms with Gasteiger partial charge in [0, 0.05) is 43.0 Å². The van der Waals surface area contributed by atoms with E-state index in [0.717, 1.165) is 64.2 Å². The van der Waals surface area contributed by atoms with Crippen molar-refractivity contribution in [3.63, 3.8) is 0 Å². The van der Waals surface area contributed by atoms with E-state index >= 15 is 0 Å². The van der Waals surface area contributed by atoms with Crippen molar-refractivity contribution in [3.05, 3.63) is 42.2 Å². The van der Waals surface area contributed by atoms with Gasteiger partial charge in [-0.3, -0.25) is 9.78 Å². The number of nitrogens with zero attached hydrogens (tertiary/aromatic N) is 7. The van der Waals surface area contributed by atoms with Gasteiger partial charge in [-0.05, 0) is 82.6 Å². The predicted octanol–water partition coefficient (Wildman–Crippen LogP) is 4.10. The molecule has 0 radical (unpaired) electrons. The lowest BCUT2D eigenvalue weighted by molar-refractivity contribution is -0.140. The lowest BCUT2D eigenvalue weighted by Crippen LogP contribution is -2.56. The highest BCUT2D eigenvalue weighted by Crippen LogP contribution is 2.43. The molecule has 5 heterocycles. The van der Waals surface area contributed by atoms with Gasteiger partial charge in [0.1, 0.15) is 6.07 Å². The van der Waals surface area contributed by atoms with Crippen LogP contribution >= 0.6 is 11.3 Å². The van der Waals surface area contributed by atoms with E-state index in [0.29, 0.717) is 30.2 Å². The second kappa shape index (κ2) is 10.6. The summed E-state index contributed by atoms with van der Waals surface area (Å²) in [5, 5.41) is 41.5. The minimum atomic E-state index is -0.697. The normalized spacial score (nSPS) is 26.4. The molecular weight excluding hydrogens is 562 g/mol. The molecule has 4 aromatic heterocycles. The van der Waals surface area contributed by atoms with Crippen LogP contribution in [0.3, 0.4) is 0 Å². The Morgan fingerprint density at radius 3 is 2.63 bits per heavy atom. The van der Waals surface area contributed by atoms with Gasteiger partial charge in [-0.15, -0.1) is 10.2 Å². The number of amides is 1. The molecular formula is C31H35N9O2S. The first-order valence-corrected chi connectivity index (χ1v) is 15.8. The van der Waals surface area contributed by atoms with Crippen LogP contribution in [0.5, 0.6) is 0 Å². The Morgan fingerprint density at radius 1 is 1.16 bits per heavy atom. The van der Waals surface area contributed by atoms with Crippen molar-refractivity contribution in [3.8, 4) is 28.0 Å². The van der Waals surface area contributed by atoms with Gasteiger partial charge in [-0.1, -0.05) is 11.3 Å². The van der Waals surface area contributed by atoms with E-state index in [2.05, 4.69) is 50.7 Å². The fourth-order valence-corrected chi connectivity index (χ4v) is 7.87. The monoisotopic (exact) mass is 597 g/mol. The fourth-order valence-electron chi connectivity index (χ4n) is 6.99. The van der Waals surface area contributed by atoms with Crippen molar-refractivity contribution >= 4 is 33.6 Å². The Kier molecular flexibility index (Phi) is 6.82. The van der Waals surface area contributed by atoms with E-state index in [1.165, 1.54) is 0 Å². The number of aromatic nitrogens is 5. The molecule has 0 unspecified atom stereocenters. The molecule has 4 aromatic rings. The van der Waals surface area contributed by atoms with E-state index in [1.54, 1.807) is 29.0 Å². The Hall–Kier alpha value is -4.08. The van der Waals surface area contributed by atoms with Gasteiger partial charge in [0.25, 0.3) is 0 Å². The molecule has 1 amide bonds. The van der Waals surface area contributed by atoms with Crippen LogP contribution in [0.15, 0.2) is 36.7 Å². The molecule has 3 N–H and O–H groups in total. The summed E-state index contributed by atoms with van der Waals surface area (Å²) in [5.41, 5.74) is 4.06. The van der Waals surface area contributed by atoms with Crippen LogP contribution in [0.1, 0.15) is 52.0 Å². The summed E-state index contributed by atoms with van der Waals surface area (Å²) in [6.07, 6.45) is 6.68. The summed E-state index contributed by atoms with van der Waals surface area (Å²) in [7, 11) is 0. The molecule has 2 aliphatic carbocycles. The second-order valence-corrected chi connectivity index (χ2v) is 13.8. The van der Waals surface area contributed by atoms with Crippen LogP contribution in [-0.2, 0) is 4.79 Å². The molecule has 3 atom stereocenters. The van der Waals surface area contributed by atoms with Crippen LogP contribution < -0.4 is 15.5 Å². The topological polar surface area (TPSA) is 144 Å². The van der Waals surface area contributed by atoms with Crippen LogP contribution in [0, 0.1) is 29.1 Å². The summed E-state index contributed by atoms with van der Waals surface area (Å²) in [4.78, 5) is 19.9. The van der Waals surface area contributed by atoms with Crippen LogP contribution in [0.4, 0.5) is 10.8 Å². The summed E-state index contributed by atoms with van der Waals surface area (Å²) < 4.78 is 1.79. The summed E-state index contributed by atoms with van der Waals surface area (Å²) in [5.74, 6) is 0.780. The number of pyridine rings is 1. The number of hydrogen-bond donors (Lipinski definition) is 3. The van der Waals surface area contributed by atoms with Gasteiger partial charge in [0.2, 0.25) is 11.0 Å². The maximum atomic E-state index is 12.8. The highest BCUT2D eigenvalue weighted by Gasteiger charge is 2.47. The lowest BCUT2D eigenvalue weighted by Gasteiger charge is -2.42. The molecule has 2 bridgehead atoms. The van der Waals surface area contributed by atoms with Crippen LogP contribution in [-0.4, -0.2) is 66.6 Å². The van der Waals surface area contributed by atoms with E-state index in [4.69, 9.17) is 4.98 Å². The molecule has 0 spiro atoms. The molecule has 43 heavy (non-hydrogen) atoms. The average Bonchev–Trinajstić information content (AvgIpc) is 3.67. The lowest BCUT2D eigenvalue weighted by atomic mass is 9.71. The maximum Gasteiger partial charge on any atom is 0.223 e. The standard InChI is InChI=1S/C31H35N9O2S/c1-17(2)35-24-9-25(26-7-6-22-8-18(12-32)13-34-40(22)26)33-14-23(24)29-37-38-30(43-29)39-15-19-4-5-20(16-39)27(19)36-28(41)21-10-31(3,42)11-21/h6-9,13-14,17,19-21,27,42H,4-5,10-11,15-16H2,1-3H3,(H,33,35)(H,36,41)/t19-,20+,21?,27-,31?. The molecule has 3 fully saturated rings. The van der Waals surface area contributed by atoms with E-state index in [-0.39, 0.29) is 23.9 Å². The molecule has 222 valence electrons. The Bertz CT molecular complexity index is 1720. The number of aliphatic hydroxyl groups is 1. The second-order valence-electron chi connectivity index (χ2n) is 12.9. The number of piperidine rings is 1. The number of carbonyl (C=O) groups is 1. The zero-order valence-corrected chi connectivity index (χ0v) is 25.3. The summed E-state index contributed by atoms with van der Waals surface area (Å²) in [6.45, 7) is 7.68. The number of nitriles is 1. The number of hydrogen-bond acceptors (Lipinski definition) is 10. The predicted molar refractivity (Wildman–Crippen MR) is 165 cm³/mol. The van der Waals surface area contributed by atoms with Crippen molar-refractivity contribution < 1.29 is 9.90 Å². The zero-order chi connectivity index (χ0) is 29.9. The number of rotatable bonds is 7. The number of fused-ring (bicyclic) bond motifs is 3. The Morgan fingerprint density at radius 2 is 1.93 bits per heavy atom. The first-order valence-electron chi connectivity index (χ1n) is 14.9. The molecule has 11 nitrogen and oxygen atoms in total. The van der Waals surface area contributed by atoms with Crippen molar-refractivity contribution in [2.24, 2.45) is 17.8 Å². The van der Waals surface area contributed by atoms with Crippen LogP contribution in [0.25, 0.3) is 27.5 Å². The van der Waals surface area contributed by atoms with Crippen LogP contribution in [0.2, 0.25) is 0 Å². The smallest absolute Gasteiger partial charge is 0.223 e. The fraction of sp³-hybridized carbons (Fsp3) is 0.484. The first-order chi connectivity index (χ1) is 20.7. The van der Waals surface area contributed by atoms with Gasteiger partial charge in [0.15, 0.2) is 5.01 Å². The SMILES string of the molecule is CC(C)Nc1cc(-c2ccc3cc(C#N)cnn23)ncc1-c1nnc(N2C[C@H]3CC[C@@H](C2)[C@@H]3NC(=O)C2CC(C)(O)C2)s1. The van der Waals surface area contributed by atoms with Crippen molar-refractivity contribution in [2.45, 2.75) is 64.1 Å². The quantitative estimate of drug-likeness (QED) is 0.287. The third-order valence-corrected chi connectivity index (χ3v) is 10.1. The first kappa shape index (κ1) is 27.7. The average molecular weight is 598 g/mol. The van der Waals surface area contributed by atoms with Crippen molar-refractivity contribution in [2.75, 3.05) is 23.3 Å². The molecule has 7 rings (SSSR count). The minimum absolute atomic E-state index is 0.0732. The van der Waals surface area contributed by atoms with E-state index in [1.807, 2.05) is 30.5 Å². The van der Waals surface area contributed by atoms with Gasteiger partial charge in [0.05, 0.1) is 39.8 Å². The van der Waals surface area contributed by atoms with Gasteiger partial charge in [-0.2, -0.15) is 10.4 Å². The maximum absolute atomic E-state index is 12.8. The number of carbonyl (C=O) groups excluding carboxylic acids is 1. The summed E-state index contributed by atoms with van der Waals surface area (Å²) >= 11 is 1.57. The van der Waals surface area contributed by atoms with Crippen molar-refractivity contribution in [1.29, 1.82) is 5.26 Å². The largest absolute Gasteiger partial charge is 0.390 e. The third kappa shape index (κ3) is 5.21. The van der Waals surface area contributed by atoms with Gasteiger partial charge >= 0.3 is 0 Å². The van der Waals surface area contributed by atoms with Gasteiger partial charge in [-0.25, -0.2) is 4.52 Å². The molecule has 1 saturated heterocycles. The van der Waals surface area contributed by atoms with E-state index in [9.17, 15) is 15.2 Å². The van der Waals surface area contributed by atoms with E-state index < -0.39 is 5.60 Å². The molecule has 3 aliphatic rings. The number of anilines is 2. The highest BCUT2D eigenvalue weighted by molar-refractivity contribution is 7.18. The van der Waals surface area contributed by atoms with Gasteiger partial charge < -0.3 is 20.6 Å². The Balaban J connectivity index is 1.10.